The number of likely N-dealkylation sites (tertiary alicyclic amines) is 1. The van der Waals surface area contributed by atoms with Crippen LogP contribution in [0, 0.1) is 11.3 Å². The molecule has 16 heavy (non-hydrogen) atoms. The maximum absolute atomic E-state index is 10.6. The van der Waals surface area contributed by atoms with E-state index >= 15 is 0 Å². The fraction of sp³-hybridized carbons (Fsp3) is 0.917. The molecular weight excluding hydrogens is 206 g/mol. The Bertz CT molecular complexity index is 263. The molecule has 4 heteroatoms. The predicted octanol–water partition coefficient (Wildman–Crippen LogP) is 1.21. The smallest absolute Gasteiger partial charge is 0.304 e. The fourth-order valence-corrected chi connectivity index (χ4v) is 3.20. The summed E-state index contributed by atoms with van der Waals surface area (Å²) in [5, 5.41) is 8.69. The Kier molecular flexibility index (Phi) is 3.50. The zero-order valence-corrected chi connectivity index (χ0v) is 9.95. The minimum atomic E-state index is -0.696. The Morgan fingerprint density at radius 1 is 1.56 bits per heavy atom. The number of hydrogen-bond donors (Lipinski definition) is 1. The molecule has 4 nitrogen and oxygen atoms in total. The lowest BCUT2D eigenvalue weighted by Crippen LogP contribution is -2.39. The first-order valence-corrected chi connectivity index (χ1v) is 6.09. The van der Waals surface area contributed by atoms with Gasteiger partial charge in [-0.25, -0.2) is 0 Å². The standard InChI is InChI=1S/C12H21NO3/c1-16-8-10-7-13(6-3-11(14)15)9-12(10)4-2-5-12/h10H,2-9H2,1H3,(H,14,15). The molecule has 2 aliphatic rings. The first-order valence-electron chi connectivity index (χ1n) is 6.09. The number of ether oxygens (including phenoxy) is 1. The van der Waals surface area contributed by atoms with Gasteiger partial charge in [-0.15, -0.1) is 0 Å². The molecule has 2 rings (SSSR count). The highest BCUT2D eigenvalue weighted by Gasteiger charge is 2.49. The van der Waals surface area contributed by atoms with Gasteiger partial charge in [0.25, 0.3) is 0 Å². The van der Waals surface area contributed by atoms with Crippen LogP contribution in [-0.2, 0) is 9.53 Å². The Morgan fingerprint density at radius 3 is 2.81 bits per heavy atom. The molecule has 1 saturated carbocycles. The summed E-state index contributed by atoms with van der Waals surface area (Å²) in [4.78, 5) is 12.9. The molecule has 1 atom stereocenters. The second-order valence-corrected chi connectivity index (χ2v) is 5.25. The van der Waals surface area contributed by atoms with Crippen molar-refractivity contribution in [3.05, 3.63) is 0 Å². The van der Waals surface area contributed by atoms with Gasteiger partial charge in [0.05, 0.1) is 13.0 Å². The molecule has 0 aromatic rings. The van der Waals surface area contributed by atoms with Gasteiger partial charge in [0.2, 0.25) is 0 Å². The summed E-state index contributed by atoms with van der Waals surface area (Å²) < 4.78 is 5.29. The van der Waals surface area contributed by atoms with Crippen LogP contribution in [0.15, 0.2) is 0 Å². The fourth-order valence-electron chi connectivity index (χ4n) is 3.20. The van der Waals surface area contributed by atoms with E-state index in [9.17, 15) is 4.79 Å². The minimum Gasteiger partial charge on any atom is -0.481 e. The summed E-state index contributed by atoms with van der Waals surface area (Å²) in [5.74, 6) is -0.0853. The van der Waals surface area contributed by atoms with Crippen LogP contribution in [0.5, 0.6) is 0 Å². The lowest BCUT2D eigenvalue weighted by atomic mass is 9.63. The normalized spacial score (nSPS) is 28.2. The highest BCUT2D eigenvalue weighted by atomic mass is 16.5. The van der Waals surface area contributed by atoms with Gasteiger partial charge in [0.15, 0.2) is 0 Å². The summed E-state index contributed by atoms with van der Waals surface area (Å²) in [7, 11) is 1.76. The number of carboxylic acids is 1. The topological polar surface area (TPSA) is 49.8 Å². The van der Waals surface area contributed by atoms with Crippen LogP contribution in [0.3, 0.4) is 0 Å². The molecule has 2 fully saturated rings. The highest BCUT2D eigenvalue weighted by Crippen LogP contribution is 2.51. The number of hydrogen-bond acceptors (Lipinski definition) is 3. The van der Waals surface area contributed by atoms with Crippen molar-refractivity contribution in [2.24, 2.45) is 11.3 Å². The van der Waals surface area contributed by atoms with Gasteiger partial charge < -0.3 is 14.7 Å². The van der Waals surface area contributed by atoms with Crippen molar-refractivity contribution in [1.82, 2.24) is 4.90 Å². The van der Waals surface area contributed by atoms with Crippen LogP contribution in [0.1, 0.15) is 25.7 Å². The molecule has 0 bridgehead atoms. The van der Waals surface area contributed by atoms with Crippen molar-refractivity contribution >= 4 is 5.97 Å². The van der Waals surface area contributed by atoms with Gasteiger partial charge in [0, 0.05) is 32.7 Å². The van der Waals surface area contributed by atoms with Gasteiger partial charge in [-0.2, -0.15) is 0 Å². The maximum Gasteiger partial charge on any atom is 0.304 e. The van der Waals surface area contributed by atoms with Crippen LogP contribution < -0.4 is 0 Å². The van der Waals surface area contributed by atoms with Crippen molar-refractivity contribution in [3.63, 3.8) is 0 Å². The average Bonchev–Trinajstić information content (AvgIpc) is 2.54. The van der Waals surface area contributed by atoms with E-state index in [0.717, 1.165) is 19.7 Å². The average molecular weight is 227 g/mol. The maximum atomic E-state index is 10.6. The second kappa shape index (κ2) is 4.72. The van der Waals surface area contributed by atoms with E-state index < -0.39 is 5.97 Å². The number of carbonyl (C=O) groups is 1. The third-order valence-electron chi connectivity index (χ3n) is 4.24. The first kappa shape index (κ1) is 11.9. The number of nitrogens with zero attached hydrogens (tertiary/aromatic N) is 1. The molecule has 1 saturated heterocycles. The van der Waals surface area contributed by atoms with Gasteiger partial charge in [-0.05, 0) is 18.3 Å². The van der Waals surface area contributed by atoms with E-state index in [1.807, 2.05) is 0 Å². The van der Waals surface area contributed by atoms with E-state index in [0.29, 0.717) is 17.9 Å². The molecule has 0 aromatic heterocycles. The zero-order valence-electron chi connectivity index (χ0n) is 9.95. The van der Waals surface area contributed by atoms with Crippen molar-refractivity contribution in [1.29, 1.82) is 0 Å². The molecule has 92 valence electrons. The van der Waals surface area contributed by atoms with Crippen LogP contribution in [-0.4, -0.2) is 49.3 Å². The van der Waals surface area contributed by atoms with E-state index in [-0.39, 0.29) is 6.42 Å². The van der Waals surface area contributed by atoms with Crippen LogP contribution in [0.25, 0.3) is 0 Å². The van der Waals surface area contributed by atoms with E-state index in [1.54, 1.807) is 7.11 Å². The summed E-state index contributed by atoms with van der Waals surface area (Å²) in [5.41, 5.74) is 0.453. The molecule has 1 heterocycles. The Labute approximate surface area is 96.6 Å². The van der Waals surface area contributed by atoms with Gasteiger partial charge in [0.1, 0.15) is 0 Å². The molecule has 1 aliphatic heterocycles. The Balaban J connectivity index is 1.88. The van der Waals surface area contributed by atoms with Crippen molar-refractivity contribution in [3.8, 4) is 0 Å². The molecule has 1 unspecified atom stereocenters. The van der Waals surface area contributed by atoms with Crippen LogP contribution in [0.2, 0.25) is 0 Å². The van der Waals surface area contributed by atoms with Crippen LogP contribution >= 0.6 is 0 Å². The molecule has 0 amide bonds. The second-order valence-electron chi connectivity index (χ2n) is 5.25. The Hall–Kier alpha value is -0.610. The number of aliphatic carboxylic acids is 1. The monoisotopic (exact) mass is 227 g/mol. The molecule has 0 aromatic carbocycles. The van der Waals surface area contributed by atoms with E-state index in [4.69, 9.17) is 9.84 Å². The first-order chi connectivity index (χ1) is 7.66. The number of methoxy groups -OCH3 is 1. The minimum absolute atomic E-state index is 0.260. The van der Waals surface area contributed by atoms with E-state index in [1.165, 1.54) is 19.3 Å². The summed E-state index contributed by atoms with van der Waals surface area (Å²) in [6.07, 6.45) is 4.18. The molecular formula is C12H21NO3. The van der Waals surface area contributed by atoms with Crippen molar-refractivity contribution < 1.29 is 14.6 Å². The lowest BCUT2D eigenvalue weighted by Gasteiger charge is -2.42. The highest BCUT2D eigenvalue weighted by molar-refractivity contribution is 5.66. The van der Waals surface area contributed by atoms with Gasteiger partial charge in [-0.1, -0.05) is 6.42 Å². The quantitative estimate of drug-likeness (QED) is 0.767. The molecule has 1 aliphatic carbocycles. The zero-order chi connectivity index (χ0) is 11.6. The van der Waals surface area contributed by atoms with Crippen LogP contribution in [0.4, 0.5) is 0 Å². The third-order valence-corrected chi connectivity index (χ3v) is 4.24. The third kappa shape index (κ3) is 2.23. The van der Waals surface area contributed by atoms with Crippen molar-refractivity contribution in [2.45, 2.75) is 25.7 Å². The summed E-state index contributed by atoms with van der Waals surface area (Å²) in [6.45, 7) is 3.61. The summed E-state index contributed by atoms with van der Waals surface area (Å²) >= 11 is 0. The van der Waals surface area contributed by atoms with E-state index in [2.05, 4.69) is 4.90 Å². The van der Waals surface area contributed by atoms with Gasteiger partial charge >= 0.3 is 5.97 Å². The molecule has 0 radical (unpaired) electrons. The number of rotatable bonds is 5. The predicted molar refractivity (Wildman–Crippen MR) is 60.3 cm³/mol. The number of carboxylic acid groups (broad SMARTS) is 1. The summed E-state index contributed by atoms with van der Waals surface area (Å²) in [6, 6.07) is 0. The molecule has 1 N–H and O–H groups in total. The Morgan fingerprint density at radius 2 is 2.31 bits per heavy atom. The van der Waals surface area contributed by atoms with Crippen molar-refractivity contribution in [2.75, 3.05) is 33.4 Å². The molecule has 1 spiro atoms. The van der Waals surface area contributed by atoms with Gasteiger partial charge in [-0.3, -0.25) is 4.79 Å². The SMILES string of the molecule is COCC1CN(CCC(=O)O)CC12CCC2. The largest absolute Gasteiger partial charge is 0.481 e. The lowest BCUT2D eigenvalue weighted by molar-refractivity contribution is -0.137.